The lowest BCUT2D eigenvalue weighted by atomic mass is 10.4. The number of rotatable bonds is 4. The number of nitrogens with zero attached hydrogens (tertiary/aromatic N) is 1. The minimum Gasteiger partial charge on any atom is -0.449 e. The molecule has 0 radical (unpaired) electrons. The number of amides is 1. The van der Waals surface area contributed by atoms with Crippen molar-refractivity contribution in [2.45, 2.75) is 6.92 Å². The second-order valence-corrected chi connectivity index (χ2v) is 5.05. The van der Waals surface area contributed by atoms with Gasteiger partial charge in [-0.15, -0.1) is 0 Å². The molecule has 0 aliphatic carbocycles. The molecular formula is C8H10BrN3O4S. The first-order chi connectivity index (χ1) is 7.94. The lowest BCUT2D eigenvalue weighted by molar-refractivity contribution is 0.159. The Morgan fingerprint density at radius 1 is 1.59 bits per heavy atom. The maximum atomic E-state index is 11.5. The van der Waals surface area contributed by atoms with Crippen LogP contribution in [-0.4, -0.2) is 26.1 Å². The lowest BCUT2D eigenvalue weighted by Crippen LogP contribution is -2.35. The first kappa shape index (κ1) is 13.7. The number of hydrogen-bond acceptors (Lipinski definition) is 5. The molecule has 0 saturated carbocycles. The van der Waals surface area contributed by atoms with Crippen LogP contribution in [0.2, 0.25) is 0 Å². The van der Waals surface area contributed by atoms with Crippen molar-refractivity contribution in [1.29, 1.82) is 0 Å². The molecule has 0 bridgehead atoms. The van der Waals surface area contributed by atoms with E-state index in [-0.39, 0.29) is 12.3 Å². The quantitative estimate of drug-likeness (QED) is 0.869. The van der Waals surface area contributed by atoms with Crippen LogP contribution in [0.15, 0.2) is 22.9 Å². The lowest BCUT2D eigenvalue weighted by Gasteiger charge is -2.09. The van der Waals surface area contributed by atoms with Crippen LogP contribution in [0.1, 0.15) is 6.92 Å². The summed E-state index contributed by atoms with van der Waals surface area (Å²) >= 11 is 3.11. The van der Waals surface area contributed by atoms with Gasteiger partial charge in [0.1, 0.15) is 0 Å². The molecule has 17 heavy (non-hydrogen) atoms. The average molecular weight is 324 g/mol. The van der Waals surface area contributed by atoms with Crippen molar-refractivity contribution in [2.75, 3.05) is 11.3 Å². The molecule has 1 heterocycles. The van der Waals surface area contributed by atoms with Crippen LogP contribution in [-0.2, 0) is 14.9 Å². The zero-order valence-corrected chi connectivity index (χ0v) is 11.2. The fourth-order valence-corrected chi connectivity index (χ4v) is 2.18. The summed E-state index contributed by atoms with van der Waals surface area (Å²) in [6.07, 6.45) is 1.79. The predicted molar refractivity (Wildman–Crippen MR) is 64.6 cm³/mol. The van der Waals surface area contributed by atoms with Gasteiger partial charge in [-0.1, -0.05) is 0 Å². The van der Waals surface area contributed by atoms with Gasteiger partial charge < -0.3 is 4.74 Å². The van der Waals surface area contributed by atoms with E-state index in [0.717, 1.165) is 0 Å². The Morgan fingerprint density at radius 2 is 2.29 bits per heavy atom. The summed E-state index contributed by atoms with van der Waals surface area (Å²) < 4.78 is 31.7. The third kappa shape index (κ3) is 4.57. The molecule has 0 aliphatic rings. The Balaban J connectivity index is 2.74. The number of anilines is 1. The van der Waals surface area contributed by atoms with E-state index in [1.54, 1.807) is 11.6 Å². The number of nitrogens with one attached hydrogen (secondary N) is 2. The highest BCUT2D eigenvalue weighted by Crippen LogP contribution is 2.20. The van der Waals surface area contributed by atoms with Crippen molar-refractivity contribution in [1.82, 2.24) is 9.71 Å². The first-order valence-corrected chi connectivity index (χ1v) is 6.79. The number of ether oxygens (including phenoxy) is 1. The van der Waals surface area contributed by atoms with Crippen LogP contribution in [0.5, 0.6) is 0 Å². The van der Waals surface area contributed by atoms with Crippen LogP contribution in [0.25, 0.3) is 0 Å². The zero-order valence-electron chi connectivity index (χ0n) is 8.81. The first-order valence-electron chi connectivity index (χ1n) is 4.51. The number of aromatic nitrogens is 1. The summed E-state index contributed by atoms with van der Waals surface area (Å²) in [5, 5.41) is 0. The molecule has 94 valence electrons. The normalized spacial score (nSPS) is 10.7. The monoisotopic (exact) mass is 323 g/mol. The molecule has 1 aromatic rings. The summed E-state index contributed by atoms with van der Waals surface area (Å²) in [6.45, 7) is 1.65. The van der Waals surface area contributed by atoms with Gasteiger partial charge in [-0.05, 0) is 28.9 Å². The van der Waals surface area contributed by atoms with Crippen LogP contribution in [0, 0.1) is 0 Å². The van der Waals surface area contributed by atoms with Crippen LogP contribution in [0.3, 0.4) is 0 Å². The highest BCUT2D eigenvalue weighted by molar-refractivity contribution is 9.10. The van der Waals surface area contributed by atoms with E-state index in [2.05, 4.69) is 30.4 Å². The van der Waals surface area contributed by atoms with Crippen molar-refractivity contribution in [3.63, 3.8) is 0 Å². The molecule has 0 unspecified atom stereocenters. The Morgan fingerprint density at radius 3 is 2.88 bits per heavy atom. The number of carbonyl (C=O) groups excluding carboxylic acids is 1. The van der Waals surface area contributed by atoms with Gasteiger partial charge in [0.25, 0.3) is 0 Å². The molecule has 1 aromatic heterocycles. The van der Waals surface area contributed by atoms with E-state index in [1.807, 2.05) is 0 Å². The van der Waals surface area contributed by atoms with Crippen LogP contribution in [0.4, 0.5) is 10.5 Å². The summed E-state index contributed by atoms with van der Waals surface area (Å²) in [6, 6.07) is 1.44. The van der Waals surface area contributed by atoms with E-state index >= 15 is 0 Å². The number of halogens is 1. The smallest absolute Gasteiger partial charge is 0.422 e. The SMILES string of the molecule is CCOC(=O)NS(=O)(=O)Nc1ccncc1Br. The Labute approximate surface area is 107 Å². The fraction of sp³-hybridized carbons (Fsp3) is 0.250. The molecule has 0 atom stereocenters. The van der Waals surface area contributed by atoms with Gasteiger partial charge in [-0.2, -0.15) is 8.42 Å². The van der Waals surface area contributed by atoms with Gasteiger partial charge in [0, 0.05) is 12.4 Å². The molecule has 0 spiro atoms. The van der Waals surface area contributed by atoms with Gasteiger partial charge in [-0.25, -0.2) is 9.52 Å². The maximum Gasteiger partial charge on any atom is 0.422 e. The molecule has 2 N–H and O–H groups in total. The van der Waals surface area contributed by atoms with Crippen molar-refractivity contribution in [3.05, 3.63) is 22.9 Å². The molecule has 9 heteroatoms. The molecule has 7 nitrogen and oxygen atoms in total. The standard InChI is InChI=1S/C8H10BrN3O4S/c1-2-16-8(13)12-17(14,15)11-7-3-4-10-5-6(7)9/h3-5H,2H2,1H3,(H,10,11)(H,12,13). The van der Waals surface area contributed by atoms with Crippen molar-refractivity contribution in [3.8, 4) is 0 Å². The Hall–Kier alpha value is -1.35. The zero-order chi connectivity index (χ0) is 12.9. The second-order valence-electron chi connectivity index (χ2n) is 2.78. The van der Waals surface area contributed by atoms with Gasteiger partial charge in [0.05, 0.1) is 16.8 Å². The maximum absolute atomic E-state index is 11.5. The number of pyridine rings is 1. The third-order valence-electron chi connectivity index (χ3n) is 1.51. The summed E-state index contributed by atoms with van der Waals surface area (Å²) in [5.41, 5.74) is 0.261. The van der Waals surface area contributed by atoms with E-state index in [9.17, 15) is 13.2 Å². The van der Waals surface area contributed by atoms with Gasteiger partial charge in [-0.3, -0.25) is 9.71 Å². The minimum atomic E-state index is -4.01. The molecule has 0 aliphatic heterocycles. The largest absolute Gasteiger partial charge is 0.449 e. The topological polar surface area (TPSA) is 97.4 Å². The van der Waals surface area contributed by atoms with Gasteiger partial charge >= 0.3 is 16.3 Å². The summed E-state index contributed by atoms with van der Waals surface area (Å²) in [5.74, 6) is 0. The molecule has 0 aromatic carbocycles. The number of carbonyl (C=O) groups is 1. The van der Waals surface area contributed by atoms with E-state index in [1.165, 1.54) is 18.5 Å². The van der Waals surface area contributed by atoms with Gasteiger partial charge in [0.15, 0.2) is 0 Å². The van der Waals surface area contributed by atoms with Gasteiger partial charge in [0.2, 0.25) is 0 Å². The second kappa shape index (κ2) is 5.82. The van der Waals surface area contributed by atoms with E-state index < -0.39 is 16.3 Å². The molecule has 0 saturated heterocycles. The summed E-state index contributed by atoms with van der Waals surface area (Å²) in [7, 11) is -4.01. The molecule has 0 fully saturated rings. The third-order valence-corrected chi connectivity index (χ3v) is 3.07. The van der Waals surface area contributed by atoms with Crippen molar-refractivity contribution in [2.24, 2.45) is 0 Å². The highest BCUT2D eigenvalue weighted by Gasteiger charge is 2.15. The highest BCUT2D eigenvalue weighted by atomic mass is 79.9. The van der Waals surface area contributed by atoms with Crippen molar-refractivity contribution < 1.29 is 17.9 Å². The summed E-state index contributed by atoms with van der Waals surface area (Å²) in [4.78, 5) is 14.7. The average Bonchev–Trinajstić information content (AvgIpc) is 2.20. The fourth-order valence-electron chi connectivity index (χ4n) is 0.899. The Kier molecular flexibility index (Phi) is 4.70. The van der Waals surface area contributed by atoms with E-state index in [0.29, 0.717) is 4.47 Å². The molecular weight excluding hydrogens is 314 g/mol. The number of hydrogen-bond donors (Lipinski definition) is 2. The molecule has 1 rings (SSSR count). The predicted octanol–water partition coefficient (Wildman–Crippen LogP) is 1.25. The molecule has 1 amide bonds. The van der Waals surface area contributed by atoms with Crippen molar-refractivity contribution >= 4 is 37.9 Å². The van der Waals surface area contributed by atoms with Crippen LogP contribution < -0.4 is 9.44 Å². The van der Waals surface area contributed by atoms with Crippen LogP contribution >= 0.6 is 15.9 Å². The van der Waals surface area contributed by atoms with E-state index in [4.69, 9.17) is 0 Å². The Bertz CT molecular complexity index is 505. The minimum absolute atomic E-state index is 0.0836.